The fourth-order valence-electron chi connectivity index (χ4n) is 7.68. The molecule has 0 aromatic carbocycles. The van der Waals surface area contributed by atoms with Gasteiger partial charge in [-0.2, -0.15) is 0 Å². The van der Waals surface area contributed by atoms with E-state index in [0.717, 1.165) is 70.6 Å². The van der Waals surface area contributed by atoms with E-state index in [1.165, 1.54) is 135 Å². The van der Waals surface area contributed by atoms with E-state index in [-0.39, 0.29) is 24.9 Å². The van der Waals surface area contributed by atoms with Crippen molar-refractivity contribution in [2.24, 2.45) is 0 Å². The Hall–Kier alpha value is -2.18. The second kappa shape index (κ2) is 46.9. The van der Waals surface area contributed by atoms with E-state index in [1.54, 1.807) is 0 Å². The molecule has 59 heavy (non-hydrogen) atoms. The SMILES string of the molecule is CC/C=C/C=C/C=C/C=C\CCCCCC(CC(=O)NC(CO)C(O)CCCCCCCCCCCCCCCC)OC(=O)CCCCCCCCCCCCCCC. The predicted octanol–water partition coefficient (Wildman–Crippen LogP) is 15.1. The molecule has 3 atom stereocenters. The molecule has 344 valence electrons. The molecular weight excluding hydrogens is 731 g/mol. The van der Waals surface area contributed by atoms with Gasteiger partial charge in [0.2, 0.25) is 5.91 Å². The van der Waals surface area contributed by atoms with Crippen LogP contribution in [-0.2, 0) is 14.3 Å². The molecule has 0 rings (SSSR count). The second-order valence-corrected chi connectivity index (χ2v) is 17.3. The lowest BCUT2D eigenvalue weighted by Gasteiger charge is -2.24. The number of ether oxygens (including phenoxy) is 1. The summed E-state index contributed by atoms with van der Waals surface area (Å²) in [6, 6.07) is -0.712. The summed E-state index contributed by atoms with van der Waals surface area (Å²) in [5.41, 5.74) is 0. The fraction of sp³-hybridized carbons (Fsp3) is 0.811. The van der Waals surface area contributed by atoms with E-state index in [0.29, 0.717) is 19.3 Å². The number of carbonyl (C=O) groups excluding carboxylic acids is 2. The van der Waals surface area contributed by atoms with Gasteiger partial charge in [-0.05, 0) is 44.9 Å². The summed E-state index contributed by atoms with van der Waals surface area (Å²) in [6.45, 7) is 6.34. The normalized spacial score (nSPS) is 13.6. The van der Waals surface area contributed by atoms with Crippen LogP contribution < -0.4 is 5.32 Å². The van der Waals surface area contributed by atoms with Gasteiger partial charge in [0.05, 0.1) is 25.2 Å². The van der Waals surface area contributed by atoms with Gasteiger partial charge in [-0.25, -0.2) is 0 Å². The summed E-state index contributed by atoms with van der Waals surface area (Å²) in [6.07, 6.45) is 56.0. The van der Waals surface area contributed by atoms with Crippen molar-refractivity contribution in [1.29, 1.82) is 0 Å². The molecule has 0 aromatic rings. The number of esters is 1. The van der Waals surface area contributed by atoms with Crippen molar-refractivity contribution < 1.29 is 24.5 Å². The van der Waals surface area contributed by atoms with Crippen LogP contribution in [0.5, 0.6) is 0 Å². The van der Waals surface area contributed by atoms with Crippen LogP contribution in [0.2, 0.25) is 0 Å². The zero-order valence-electron chi connectivity index (χ0n) is 39.1. The molecule has 0 spiro atoms. The number of allylic oxidation sites excluding steroid dienone is 8. The Morgan fingerprint density at radius 2 is 0.915 bits per heavy atom. The Morgan fingerprint density at radius 3 is 1.39 bits per heavy atom. The number of aliphatic hydroxyl groups excluding tert-OH is 2. The molecule has 0 saturated heterocycles. The molecule has 3 N–H and O–H groups in total. The summed E-state index contributed by atoms with van der Waals surface area (Å²) in [7, 11) is 0. The molecule has 0 fully saturated rings. The second-order valence-electron chi connectivity index (χ2n) is 17.3. The van der Waals surface area contributed by atoms with Crippen LogP contribution in [-0.4, -0.2) is 46.9 Å². The fourth-order valence-corrected chi connectivity index (χ4v) is 7.68. The molecular formula is C53H97NO5. The molecule has 1 amide bonds. The van der Waals surface area contributed by atoms with Crippen molar-refractivity contribution in [3.05, 3.63) is 48.6 Å². The highest BCUT2D eigenvalue weighted by Crippen LogP contribution is 2.18. The lowest BCUT2D eigenvalue weighted by atomic mass is 10.0. The predicted molar refractivity (Wildman–Crippen MR) is 255 cm³/mol. The van der Waals surface area contributed by atoms with E-state index in [4.69, 9.17) is 4.74 Å². The number of hydrogen-bond acceptors (Lipinski definition) is 5. The molecule has 3 unspecified atom stereocenters. The third kappa shape index (κ3) is 42.3. The quantitative estimate of drug-likeness (QED) is 0.0323. The Morgan fingerprint density at radius 1 is 0.508 bits per heavy atom. The molecule has 0 saturated carbocycles. The smallest absolute Gasteiger partial charge is 0.306 e. The molecule has 0 aliphatic rings. The van der Waals surface area contributed by atoms with Gasteiger partial charge < -0.3 is 20.3 Å². The number of hydrogen-bond donors (Lipinski definition) is 3. The van der Waals surface area contributed by atoms with Gasteiger partial charge >= 0.3 is 5.97 Å². The first-order valence-corrected chi connectivity index (χ1v) is 25.4. The molecule has 6 nitrogen and oxygen atoms in total. The number of nitrogens with one attached hydrogen (secondary N) is 1. The van der Waals surface area contributed by atoms with E-state index in [2.05, 4.69) is 50.4 Å². The van der Waals surface area contributed by atoms with Crippen molar-refractivity contribution in [3.8, 4) is 0 Å². The van der Waals surface area contributed by atoms with Crippen molar-refractivity contribution >= 4 is 11.9 Å². The van der Waals surface area contributed by atoms with Gasteiger partial charge in [0.15, 0.2) is 0 Å². The summed E-state index contributed by atoms with van der Waals surface area (Å²) >= 11 is 0. The van der Waals surface area contributed by atoms with Crippen LogP contribution >= 0.6 is 0 Å². The van der Waals surface area contributed by atoms with E-state index < -0.39 is 18.2 Å². The highest BCUT2D eigenvalue weighted by molar-refractivity contribution is 5.77. The monoisotopic (exact) mass is 828 g/mol. The maximum Gasteiger partial charge on any atom is 0.306 e. The van der Waals surface area contributed by atoms with Crippen LogP contribution in [0.1, 0.15) is 252 Å². The zero-order valence-corrected chi connectivity index (χ0v) is 39.1. The van der Waals surface area contributed by atoms with Crippen molar-refractivity contribution in [2.75, 3.05) is 6.61 Å². The minimum absolute atomic E-state index is 0.0537. The van der Waals surface area contributed by atoms with Crippen molar-refractivity contribution in [1.82, 2.24) is 5.32 Å². The average Bonchev–Trinajstić information content (AvgIpc) is 3.23. The Labute approximate surface area is 366 Å². The zero-order chi connectivity index (χ0) is 43.1. The van der Waals surface area contributed by atoms with Crippen LogP contribution in [0.3, 0.4) is 0 Å². The molecule has 0 aromatic heterocycles. The Bertz CT molecular complexity index is 1020. The number of rotatable bonds is 45. The first-order valence-electron chi connectivity index (χ1n) is 25.4. The van der Waals surface area contributed by atoms with Gasteiger partial charge in [0.1, 0.15) is 6.10 Å². The molecule has 0 bridgehead atoms. The van der Waals surface area contributed by atoms with E-state index >= 15 is 0 Å². The highest BCUT2D eigenvalue weighted by Gasteiger charge is 2.24. The van der Waals surface area contributed by atoms with Crippen LogP contribution in [0.25, 0.3) is 0 Å². The molecule has 0 heterocycles. The highest BCUT2D eigenvalue weighted by atomic mass is 16.5. The third-order valence-electron chi connectivity index (χ3n) is 11.5. The van der Waals surface area contributed by atoms with Crippen LogP contribution in [0.4, 0.5) is 0 Å². The van der Waals surface area contributed by atoms with Crippen LogP contribution in [0, 0.1) is 0 Å². The lowest BCUT2D eigenvalue weighted by molar-refractivity contribution is -0.151. The first kappa shape index (κ1) is 56.8. The number of carbonyl (C=O) groups is 2. The van der Waals surface area contributed by atoms with Gasteiger partial charge in [0.25, 0.3) is 0 Å². The van der Waals surface area contributed by atoms with Gasteiger partial charge in [0, 0.05) is 6.42 Å². The van der Waals surface area contributed by atoms with Gasteiger partial charge in [-0.3, -0.25) is 9.59 Å². The number of unbranched alkanes of at least 4 members (excludes halogenated alkanes) is 28. The summed E-state index contributed by atoms with van der Waals surface area (Å²) < 4.78 is 5.91. The molecule has 0 aliphatic heterocycles. The van der Waals surface area contributed by atoms with Crippen molar-refractivity contribution in [3.63, 3.8) is 0 Å². The van der Waals surface area contributed by atoms with Gasteiger partial charge in [-0.1, -0.05) is 243 Å². The minimum atomic E-state index is -0.797. The molecule has 6 heteroatoms. The lowest BCUT2D eigenvalue weighted by Crippen LogP contribution is -2.46. The number of aliphatic hydroxyl groups is 2. The third-order valence-corrected chi connectivity index (χ3v) is 11.5. The molecule has 0 radical (unpaired) electrons. The first-order chi connectivity index (χ1) is 29.0. The minimum Gasteiger partial charge on any atom is -0.462 e. The van der Waals surface area contributed by atoms with Gasteiger partial charge in [-0.15, -0.1) is 0 Å². The topological polar surface area (TPSA) is 95.9 Å². The van der Waals surface area contributed by atoms with E-state index in [1.807, 2.05) is 24.3 Å². The maximum atomic E-state index is 13.2. The Kier molecular flexibility index (Phi) is 45.1. The average molecular weight is 828 g/mol. The largest absolute Gasteiger partial charge is 0.462 e. The van der Waals surface area contributed by atoms with Crippen molar-refractivity contribution in [2.45, 2.75) is 270 Å². The maximum absolute atomic E-state index is 13.2. The number of amides is 1. The summed E-state index contributed by atoms with van der Waals surface area (Å²) in [5, 5.41) is 23.7. The standard InChI is InChI=1S/C53H97NO5/c1-4-7-10-13-16-19-22-25-28-30-33-36-39-42-45-51(56)50(48-55)54-52(57)47-49(44-41-38-35-32-29-26-23-20-17-14-11-8-5-2)59-53(58)46-43-40-37-34-31-27-24-21-18-15-12-9-6-3/h8,11,14,17,20,23,26,29,49-51,55-56H,4-7,9-10,12-13,15-16,18-19,21-22,24-25,27-28,30-48H2,1-3H3,(H,54,57)/b11-8+,17-14+,23-20+,29-26-. The Balaban J connectivity index is 4.60. The summed E-state index contributed by atoms with van der Waals surface area (Å²) in [5.74, 6) is -0.506. The summed E-state index contributed by atoms with van der Waals surface area (Å²) in [4.78, 5) is 26.1. The van der Waals surface area contributed by atoms with Crippen LogP contribution in [0.15, 0.2) is 48.6 Å². The van der Waals surface area contributed by atoms with E-state index in [9.17, 15) is 19.8 Å². The molecule has 0 aliphatic carbocycles.